The summed E-state index contributed by atoms with van der Waals surface area (Å²) in [7, 11) is 0. The topological polar surface area (TPSA) is 55.6 Å². The smallest absolute Gasteiger partial charge is 0.164 e. The molecule has 32 heavy (non-hydrogen) atoms. The van der Waals surface area contributed by atoms with Gasteiger partial charge in [0.2, 0.25) is 0 Å². The number of hydrogen-bond acceptors (Lipinski definition) is 4. The Morgan fingerprint density at radius 3 is 2.66 bits per heavy atom. The number of rotatable bonds is 6. The van der Waals surface area contributed by atoms with Crippen LogP contribution < -0.4 is 5.32 Å². The van der Waals surface area contributed by atoms with Gasteiger partial charge in [0.15, 0.2) is 5.65 Å². The van der Waals surface area contributed by atoms with Crippen molar-refractivity contribution in [2.45, 2.75) is 25.8 Å². The van der Waals surface area contributed by atoms with Crippen molar-refractivity contribution in [2.75, 3.05) is 13.1 Å². The highest BCUT2D eigenvalue weighted by Gasteiger charge is 2.24. The van der Waals surface area contributed by atoms with Crippen molar-refractivity contribution in [3.63, 3.8) is 0 Å². The van der Waals surface area contributed by atoms with E-state index in [-0.39, 0.29) is 11.4 Å². The molecule has 1 fully saturated rings. The Morgan fingerprint density at radius 1 is 1.03 bits per heavy atom. The van der Waals surface area contributed by atoms with Crippen molar-refractivity contribution in [1.29, 1.82) is 0 Å². The lowest BCUT2D eigenvalue weighted by molar-refractivity contribution is 0.489. The van der Waals surface area contributed by atoms with Crippen LogP contribution in [0.25, 0.3) is 22.6 Å². The first-order valence-electron chi connectivity index (χ1n) is 10.7. The van der Waals surface area contributed by atoms with E-state index in [9.17, 15) is 8.78 Å². The van der Waals surface area contributed by atoms with Crippen LogP contribution in [0, 0.1) is 17.6 Å². The van der Waals surface area contributed by atoms with E-state index in [4.69, 9.17) is 16.6 Å². The molecule has 8 heteroatoms. The Bertz CT molecular complexity index is 1250. The number of aryl methyl sites for hydroxylation is 2. The molecule has 4 aromatic rings. The maximum atomic E-state index is 14.8. The largest absolute Gasteiger partial charge is 0.316 e. The zero-order valence-electron chi connectivity index (χ0n) is 17.4. The molecule has 0 saturated carbocycles. The highest BCUT2D eigenvalue weighted by atomic mass is 35.5. The first-order chi connectivity index (χ1) is 15.6. The summed E-state index contributed by atoms with van der Waals surface area (Å²) in [5.74, 6) is 0.775. The fourth-order valence-corrected chi connectivity index (χ4v) is 4.47. The Labute approximate surface area is 189 Å². The second-order valence-corrected chi connectivity index (χ2v) is 8.50. The third kappa shape index (κ3) is 4.10. The van der Waals surface area contributed by atoms with Gasteiger partial charge in [-0.25, -0.2) is 23.7 Å². The van der Waals surface area contributed by atoms with Crippen LogP contribution in [0.1, 0.15) is 17.8 Å². The minimum atomic E-state index is -0.425. The molecule has 0 aliphatic carbocycles. The molecule has 164 valence electrons. The molecule has 0 unspecified atom stereocenters. The van der Waals surface area contributed by atoms with E-state index >= 15 is 0 Å². The van der Waals surface area contributed by atoms with Crippen molar-refractivity contribution < 1.29 is 8.78 Å². The van der Waals surface area contributed by atoms with E-state index in [0.717, 1.165) is 19.5 Å². The number of hydrogen-bond donors (Lipinski definition) is 1. The van der Waals surface area contributed by atoms with Gasteiger partial charge in [-0.1, -0.05) is 35.9 Å². The van der Waals surface area contributed by atoms with Crippen molar-refractivity contribution in [2.24, 2.45) is 5.92 Å². The highest BCUT2D eigenvalue weighted by molar-refractivity contribution is 6.33. The Hall–Kier alpha value is -2.90. The molecule has 1 saturated heterocycles. The molecule has 0 bridgehead atoms. The molecule has 2 aromatic heterocycles. The molecule has 3 heterocycles. The summed E-state index contributed by atoms with van der Waals surface area (Å²) >= 11 is 6.37. The Morgan fingerprint density at radius 2 is 1.88 bits per heavy atom. The minimum absolute atomic E-state index is 0.233. The summed E-state index contributed by atoms with van der Waals surface area (Å²) in [5, 5.41) is 3.67. The van der Waals surface area contributed by atoms with Crippen LogP contribution in [-0.4, -0.2) is 32.6 Å². The molecular weight excluding hydrogens is 432 g/mol. The van der Waals surface area contributed by atoms with Crippen LogP contribution in [0.5, 0.6) is 0 Å². The highest BCUT2D eigenvalue weighted by Crippen LogP contribution is 2.33. The first-order valence-corrected chi connectivity index (χ1v) is 11.1. The number of benzene rings is 2. The summed E-state index contributed by atoms with van der Waals surface area (Å²) in [6.45, 7) is 2.48. The fourth-order valence-electron chi connectivity index (χ4n) is 4.23. The second-order valence-electron chi connectivity index (χ2n) is 8.09. The van der Waals surface area contributed by atoms with E-state index in [0.29, 0.717) is 58.7 Å². The second kappa shape index (κ2) is 8.92. The molecule has 0 radical (unpaired) electrons. The monoisotopic (exact) mass is 453 g/mol. The quantitative estimate of drug-likeness (QED) is 0.455. The van der Waals surface area contributed by atoms with Gasteiger partial charge >= 0.3 is 0 Å². The average molecular weight is 454 g/mol. The number of aromatic nitrogens is 4. The van der Waals surface area contributed by atoms with Crippen LogP contribution in [0.2, 0.25) is 5.02 Å². The Balaban J connectivity index is 1.55. The number of halogens is 3. The van der Waals surface area contributed by atoms with Crippen molar-refractivity contribution in [3.8, 4) is 11.4 Å². The molecule has 1 N–H and O–H groups in total. The van der Waals surface area contributed by atoms with Gasteiger partial charge in [-0.15, -0.1) is 0 Å². The van der Waals surface area contributed by atoms with Gasteiger partial charge in [0.05, 0.1) is 16.8 Å². The fraction of sp³-hybridized carbons (Fsp3) is 0.292. The number of nitrogens with one attached hydrogen (secondary N) is 1. The van der Waals surface area contributed by atoms with E-state index in [1.807, 2.05) is 10.6 Å². The number of fused-ring (bicyclic) bond motifs is 1. The van der Waals surface area contributed by atoms with Gasteiger partial charge in [-0.3, -0.25) is 0 Å². The molecule has 0 amide bonds. The van der Waals surface area contributed by atoms with Crippen LogP contribution >= 0.6 is 11.6 Å². The first kappa shape index (κ1) is 21.0. The summed E-state index contributed by atoms with van der Waals surface area (Å²) in [6, 6.07) is 11.3. The summed E-state index contributed by atoms with van der Waals surface area (Å²) in [6.07, 6.45) is 3.66. The summed E-state index contributed by atoms with van der Waals surface area (Å²) in [5.41, 5.74) is 2.12. The third-order valence-electron chi connectivity index (χ3n) is 5.90. The molecule has 1 aliphatic heterocycles. The maximum absolute atomic E-state index is 14.8. The SMILES string of the molecule is Fc1ccccc1CCc1ncc2nc(-c3c(F)cccc3Cl)n(C[C@H]3CCNC3)c2n1. The van der Waals surface area contributed by atoms with E-state index in [1.165, 1.54) is 12.1 Å². The summed E-state index contributed by atoms with van der Waals surface area (Å²) in [4.78, 5) is 13.8. The molecule has 2 aromatic carbocycles. The predicted octanol–water partition coefficient (Wildman–Crippen LogP) is 4.82. The maximum Gasteiger partial charge on any atom is 0.164 e. The average Bonchev–Trinajstić information content (AvgIpc) is 3.42. The minimum Gasteiger partial charge on any atom is -0.316 e. The lowest BCUT2D eigenvalue weighted by Crippen LogP contribution is -2.16. The van der Waals surface area contributed by atoms with Crippen LogP contribution in [0.15, 0.2) is 48.7 Å². The lowest BCUT2D eigenvalue weighted by atomic mass is 10.1. The molecule has 5 rings (SSSR count). The van der Waals surface area contributed by atoms with Gasteiger partial charge in [-0.05, 0) is 55.6 Å². The van der Waals surface area contributed by atoms with Gasteiger partial charge in [0.25, 0.3) is 0 Å². The standard InChI is InChI=1S/C24H22ClF2N5/c25-17-5-3-7-19(27)22(17)24-30-20-13-29-21(9-8-16-4-1-2-6-18(16)26)31-23(20)32(24)14-15-10-11-28-12-15/h1-7,13,15,28H,8-12,14H2/t15-/m0/s1. The molecule has 1 atom stereocenters. The van der Waals surface area contributed by atoms with Gasteiger partial charge in [-0.2, -0.15) is 0 Å². The van der Waals surface area contributed by atoms with Crippen LogP contribution in [-0.2, 0) is 19.4 Å². The van der Waals surface area contributed by atoms with E-state index < -0.39 is 5.82 Å². The normalized spacial score (nSPS) is 16.2. The third-order valence-corrected chi connectivity index (χ3v) is 6.22. The van der Waals surface area contributed by atoms with Crippen LogP contribution in [0.3, 0.4) is 0 Å². The van der Waals surface area contributed by atoms with E-state index in [2.05, 4.69) is 15.3 Å². The number of nitrogens with zero attached hydrogens (tertiary/aromatic N) is 4. The van der Waals surface area contributed by atoms with Crippen LogP contribution in [0.4, 0.5) is 8.78 Å². The molecular formula is C24H22ClF2N5. The van der Waals surface area contributed by atoms with Gasteiger partial charge in [0, 0.05) is 13.0 Å². The van der Waals surface area contributed by atoms with E-state index in [1.54, 1.807) is 30.5 Å². The zero-order valence-corrected chi connectivity index (χ0v) is 18.1. The number of imidazole rings is 1. The lowest BCUT2D eigenvalue weighted by Gasteiger charge is -2.14. The molecule has 1 aliphatic rings. The van der Waals surface area contributed by atoms with Crippen molar-refractivity contribution >= 4 is 22.8 Å². The molecule has 0 spiro atoms. The zero-order chi connectivity index (χ0) is 22.1. The van der Waals surface area contributed by atoms with Crippen molar-refractivity contribution in [3.05, 3.63) is 76.7 Å². The van der Waals surface area contributed by atoms with Gasteiger partial charge < -0.3 is 9.88 Å². The molecule has 5 nitrogen and oxygen atoms in total. The Kier molecular flexibility index (Phi) is 5.85. The van der Waals surface area contributed by atoms with Gasteiger partial charge in [0.1, 0.15) is 28.8 Å². The predicted molar refractivity (Wildman–Crippen MR) is 121 cm³/mol. The summed E-state index contributed by atoms with van der Waals surface area (Å²) < 4.78 is 30.7. The van der Waals surface area contributed by atoms with Crippen molar-refractivity contribution in [1.82, 2.24) is 24.8 Å².